The molecule has 0 spiro atoms. The molecule has 0 atom stereocenters. The van der Waals surface area contributed by atoms with E-state index in [1.807, 2.05) is 42.5 Å². The minimum atomic E-state index is 0.668. The van der Waals surface area contributed by atoms with E-state index in [1.165, 1.54) is 5.56 Å². The number of para-hydroxylation sites is 1. The maximum atomic E-state index is 6.13. The summed E-state index contributed by atoms with van der Waals surface area (Å²) in [7, 11) is 0. The molecule has 4 nitrogen and oxygen atoms in total. The Bertz CT molecular complexity index is 735. The van der Waals surface area contributed by atoms with Gasteiger partial charge in [-0.05, 0) is 24.2 Å². The highest BCUT2D eigenvalue weighted by molar-refractivity contribution is 5.42. The average Bonchev–Trinajstić information content (AvgIpc) is 2.96. The van der Waals surface area contributed by atoms with Crippen LogP contribution < -0.4 is 5.73 Å². The Labute approximate surface area is 137 Å². The van der Waals surface area contributed by atoms with Crippen LogP contribution in [0.2, 0.25) is 0 Å². The van der Waals surface area contributed by atoms with Gasteiger partial charge in [-0.15, -0.1) is 0 Å². The molecule has 0 aliphatic heterocycles. The Kier molecular flexibility index (Phi) is 4.74. The monoisotopic (exact) mass is 306 g/mol. The molecule has 1 aromatic heterocycles. The molecule has 4 heteroatoms. The van der Waals surface area contributed by atoms with Crippen molar-refractivity contribution in [2.75, 3.05) is 12.3 Å². The summed E-state index contributed by atoms with van der Waals surface area (Å²) in [6.07, 6.45) is 0. The predicted octanol–water partition coefficient (Wildman–Crippen LogP) is 3.48. The lowest BCUT2D eigenvalue weighted by molar-refractivity contribution is 0.267. The Balaban J connectivity index is 1.74. The number of aromatic nitrogens is 2. The zero-order valence-electron chi connectivity index (χ0n) is 13.4. The predicted molar refractivity (Wildman–Crippen MR) is 94.2 cm³/mol. The lowest BCUT2D eigenvalue weighted by Crippen LogP contribution is -2.22. The molecular weight excluding hydrogens is 284 g/mol. The third kappa shape index (κ3) is 3.79. The highest BCUT2D eigenvalue weighted by atomic mass is 15.3. The number of anilines is 1. The normalized spacial score (nSPS) is 11.0. The van der Waals surface area contributed by atoms with Gasteiger partial charge < -0.3 is 5.73 Å². The maximum absolute atomic E-state index is 6.13. The fourth-order valence-electron chi connectivity index (χ4n) is 2.65. The van der Waals surface area contributed by atoms with Crippen molar-refractivity contribution < 1.29 is 0 Å². The minimum Gasteiger partial charge on any atom is -0.384 e. The molecule has 2 N–H and O–H groups in total. The van der Waals surface area contributed by atoms with E-state index in [4.69, 9.17) is 5.73 Å². The molecule has 0 amide bonds. The van der Waals surface area contributed by atoms with Crippen molar-refractivity contribution in [3.63, 3.8) is 0 Å². The molecular formula is C19H22N4. The largest absolute Gasteiger partial charge is 0.384 e. The molecule has 0 aliphatic carbocycles. The van der Waals surface area contributed by atoms with E-state index >= 15 is 0 Å². The molecule has 0 unspecified atom stereocenters. The summed E-state index contributed by atoms with van der Waals surface area (Å²) >= 11 is 0. The molecule has 0 radical (unpaired) electrons. The van der Waals surface area contributed by atoms with Gasteiger partial charge >= 0.3 is 0 Å². The van der Waals surface area contributed by atoms with Crippen molar-refractivity contribution in [2.45, 2.75) is 20.0 Å². The van der Waals surface area contributed by atoms with Gasteiger partial charge in [0.05, 0.1) is 11.4 Å². The van der Waals surface area contributed by atoms with Crippen LogP contribution in [0.4, 0.5) is 5.82 Å². The Hall–Kier alpha value is -2.59. The van der Waals surface area contributed by atoms with Crippen molar-refractivity contribution in [3.8, 4) is 5.69 Å². The number of nitrogen functional groups attached to an aromatic ring is 1. The van der Waals surface area contributed by atoms with E-state index in [-0.39, 0.29) is 0 Å². The molecule has 118 valence electrons. The van der Waals surface area contributed by atoms with Gasteiger partial charge in [-0.25, -0.2) is 4.68 Å². The van der Waals surface area contributed by atoms with Gasteiger partial charge in [0.15, 0.2) is 0 Å². The van der Waals surface area contributed by atoms with Crippen LogP contribution in [0.1, 0.15) is 18.2 Å². The highest BCUT2D eigenvalue weighted by Crippen LogP contribution is 2.16. The molecule has 0 bridgehead atoms. The Morgan fingerprint density at radius 1 is 0.957 bits per heavy atom. The van der Waals surface area contributed by atoms with Gasteiger partial charge in [0.2, 0.25) is 0 Å². The molecule has 0 saturated heterocycles. The number of nitrogens with two attached hydrogens (primary N) is 1. The maximum Gasteiger partial charge on any atom is 0.127 e. The van der Waals surface area contributed by atoms with Crippen molar-refractivity contribution in [2.24, 2.45) is 0 Å². The first-order chi connectivity index (χ1) is 11.3. The van der Waals surface area contributed by atoms with Gasteiger partial charge in [-0.1, -0.05) is 55.5 Å². The summed E-state index contributed by atoms with van der Waals surface area (Å²) in [4.78, 5) is 2.35. The van der Waals surface area contributed by atoms with Crippen molar-refractivity contribution in [1.29, 1.82) is 0 Å². The van der Waals surface area contributed by atoms with Gasteiger partial charge in [-0.2, -0.15) is 5.10 Å². The molecule has 23 heavy (non-hydrogen) atoms. The number of rotatable bonds is 6. The second-order valence-electron chi connectivity index (χ2n) is 5.60. The SMILES string of the molecule is CCN(Cc1ccccc1)Cc1cc(N)n(-c2ccccc2)n1. The fourth-order valence-corrected chi connectivity index (χ4v) is 2.65. The fraction of sp³-hybridized carbons (Fsp3) is 0.211. The summed E-state index contributed by atoms with van der Waals surface area (Å²) < 4.78 is 1.80. The number of hydrogen-bond acceptors (Lipinski definition) is 3. The lowest BCUT2D eigenvalue weighted by atomic mass is 10.2. The van der Waals surface area contributed by atoms with Crippen LogP contribution in [0, 0.1) is 0 Å². The van der Waals surface area contributed by atoms with Crippen LogP contribution in [-0.4, -0.2) is 21.2 Å². The second kappa shape index (κ2) is 7.11. The van der Waals surface area contributed by atoms with Gasteiger partial charge in [0.1, 0.15) is 5.82 Å². The van der Waals surface area contributed by atoms with E-state index in [9.17, 15) is 0 Å². The van der Waals surface area contributed by atoms with Gasteiger partial charge in [0.25, 0.3) is 0 Å². The van der Waals surface area contributed by atoms with Crippen LogP contribution >= 0.6 is 0 Å². The van der Waals surface area contributed by atoms with Gasteiger partial charge in [-0.3, -0.25) is 4.90 Å². The first kappa shape index (κ1) is 15.3. The van der Waals surface area contributed by atoms with Crippen molar-refractivity contribution in [3.05, 3.63) is 78.0 Å². The van der Waals surface area contributed by atoms with Crippen LogP contribution in [0.25, 0.3) is 5.69 Å². The molecule has 0 aliphatic rings. The smallest absolute Gasteiger partial charge is 0.127 e. The van der Waals surface area contributed by atoms with Crippen LogP contribution in [0.5, 0.6) is 0 Å². The molecule has 2 aromatic carbocycles. The van der Waals surface area contributed by atoms with E-state index in [0.717, 1.165) is 31.0 Å². The zero-order chi connectivity index (χ0) is 16.1. The lowest BCUT2D eigenvalue weighted by Gasteiger charge is -2.19. The average molecular weight is 306 g/mol. The topological polar surface area (TPSA) is 47.1 Å². The summed E-state index contributed by atoms with van der Waals surface area (Å²) in [5.41, 5.74) is 9.41. The highest BCUT2D eigenvalue weighted by Gasteiger charge is 2.11. The zero-order valence-corrected chi connectivity index (χ0v) is 13.4. The molecule has 3 aromatic rings. The molecule has 3 rings (SSSR count). The van der Waals surface area contributed by atoms with E-state index in [1.54, 1.807) is 4.68 Å². The molecule has 0 saturated carbocycles. The van der Waals surface area contributed by atoms with E-state index in [2.05, 4.69) is 41.2 Å². The quantitative estimate of drug-likeness (QED) is 0.758. The van der Waals surface area contributed by atoms with Crippen LogP contribution in [0.3, 0.4) is 0 Å². The minimum absolute atomic E-state index is 0.668. The number of nitrogens with zero attached hydrogens (tertiary/aromatic N) is 3. The van der Waals surface area contributed by atoms with Crippen LogP contribution in [0.15, 0.2) is 66.7 Å². The molecule has 0 fully saturated rings. The van der Waals surface area contributed by atoms with E-state index in [0.29, 0.717) is 5.82 Å². The first-order valence-corrected chi connectivity index (χ1v) is 7.92. The Morgan fingerprint density at radius 2 is 1.61 bits per heavy atom. The number of benzene rings is 2. The van der Waals surface area contributed by atoms with Crippen LogP contribution in [-0.2, 0) is 13.1 Å². The number of hydrogen-bond donors (Lipinski definition) is 1. The summed E-state index contributed by atoms with van der Waals surface area (Å²) in [5, 5.41) is 4.66. The summed E-state index contributed by atoms with van der Waals surface area (Å²) in [5.74, 6) is 0.668. The third-order valence-corrected chi connectivity index (χ3v) is 3.87. The van der Waals surface area contributed by atoms with E-state index < -0.39 is 0 Å². The van der Waals surface area contributed by atoms with Crippen molar-refractivity contribution >= 4 is 5.82 Å². The summed E-state index contributed by atoms with van der Waals surface area (Å²) in [6.45, 7) is 4.83. The molecule has 1 heterocycles. The standard InChI is InChI=1S/C19H22N4/c1-2-22(14-16-9-5-3-6-10-16)15-17-13-19(20)23(21-17)18-11-7-4-8-12-18/h3-13H,2,14-15,20H2,1H3. The van der Waals surface area contributed by atoms with Gasteiger partial charge in [0, 0.05) is 19.2 Å². The summed E-state index contributed by atoms with van der Waals surface area (Å²) in [6, 6.07) is 22.4. The first-order valence-electron chi connectivity index (χ1n) is 7.92. The second-order valence-corrected chi connectivity index (χ2v) is 5.60. The van der Waals surface area contributed by atoms with Crippen molar-refractivity contribution in [1.82, 2.24) is 14.7 Å². The Morgan fingerprint density at radius 3 is 2.26 bits per heavy atom. The third-order valence-electron chi connectivity index (χ3n) is 3.87.